The van der Waals surface area contributed by atoms with E-state index in [1.54, 1.807) is 6.33 Å². The van der Waals surface area contributed by atoms with E-state index in [1.165, 1.54) is 11.1 Å². The van der Waals surface area contributed by atoms with E-state index in [1.807, 2.05) is 30.3 Å². The highest BCUT2D eigenvalue weighted by Crippen LogP contribution is 2.39. The van der Waals surface area contributed by atoms with Crippen molar-refractivity contribution in [1.29, 1.82) is 0 Å². The van der Waals surface area contributed by atoms with Crippen molar-refractivity contribution in [2.24, 2.45) is 0 Å². The number of rotatable bonds is 4. The zero-order valence-corrected chi connectivity index (χ0v) is 16.4. The van der Waals surface area contributed by atoms with Crippen LogP contribution in [0.4, 0.5) is 0 Å². The van der Waals surface area contributed by atoms with Crippen LogP contribution in [0.2, 0.25) is 0 Å². The van der Waals surface area contributed by atoms with Crippen LogP contribution >= 0.6 is 0 Å². The molecule has 142 valence electrons. The first-order valence-corrected chi connectivity index (χ1v) is 10.0. The minimum atomic E-state index is 0.919. The Kier molecular flexibility index (Phi) is 4.89. The van der Waals surface area contributed by atoms with Gasteiger partial charge in [0.15, 0.2) is 0 Å². The molecule has 0 aliphatic heterocycles. The fraction of sp³-hybridized carbons (Fsp3) is 0. The number of hydrogen-bond donors (Lipinski definition) is 0. The molecule has 0 radical (unpaired) electrons. The van der Waals surface area contributed by atoms with Crippen molar-refractivity contribution in [3.8, 4) is 44.8 Å². The highest BCUT2D eigenvalue weighted by Gasteiger charge is 2.16. The van der Waals surface area contributed by atoms with Crippen LogP contribution in [0.1, 0.15) is 0 Å². The summed E-state index contributed by atoms with van der Waals surface area (Å²) < 4.78 is 0. The SMILES string of the molecule is c1ccc(-c2cc(-c3c(-c4ccccc4)cccc3-c3ccccc3)ncn2)cc1. The highest BCUT2D eigenvalue weighted by molar-refractivity contribution is 5.93. The van der Waals surface area contributed by atoms with Gasteiger partial charge in [-0.3, -0.25) is 0 Å². The summed E-state index contributed by atoms with van der Waals surface area (Å²) in [6, 6.07) is 39.7. The summed E-state index contributed by atoms with van der Waals surface area (Å²) in [6.07, 6.45) is 1.66. The van der Waals surface area contributed by atoms with E-state index in [4.69, 9.17) is 4.98 Å². The average Bonchev–Trinajstić information content (AvgIpc) is 2.85. The fourth-order valence-electron chi connectivity index (χ4n) is 3.81. The smallest absolute Gasteiger partial charge is 0.116 e. The molecule has 0 spiro atoms. The van der Waals surface area contributed by atoms with Gasteiger partial charge >= 0.3 is 0 Å². The Bertz CT molecular complexity index is 1210. The summed E-state index contributed by atoms with van der Waals surface area (Å²) in [5.74, 6) is 0. The van der Waals surface area contributed by atoms with Crippen LogP contribution in [-0.2, 0) is 0 Å². The molecule has 2 nitrogen and oxygen atoms in total. The van der Waals surface area contributed by atoms with Crippen molar-refractivity contribution in [3.63, 3.8) is 0 Å². The second-order valence-electron chi connectivity index (χ2n) is 7.11. The van der Waals surface area contributed by atoms with Gasteiger partial charge in [-0.15, -0.1) is 0 Å². The molecular formula is C28H20N2. The summed E-state index contributed by atoms with van der Waals surface area (Å²) in [7, 11) is 0. The first-order valence-electron chi connectivity index (χ1n) is 10.0. The molecule has 1 aromatic heterocycles. The molecule has 0 bridgehead atoms. The summed E-state index contributed by atoms with van der Waals surface area (Å²) in [6.45, 7) is 0. The van der Waals surface area contributed by atoms with Crippen molar-refractivity contribution in [2.75, 3.05) is 0 Å². The minimum Gasteiger partial charge on any atom is -0.236 e. The molecule has 0 aliphatic carbocycles. The minimum absolute atomic E-state index is 0.919. The van der Waals surface area contributed by atoms with Crippen molar-refractivity contribution in [3.05, 3.63) is 122 Å². The molecule has 0 atom stereocenters. The fourth-order valence-corrected chi connectivity index (χ4v) is 3.81. The van der Waals surface area contributed by atoms with Gasteiger partial charge in [-0.05, 0) is 28.3 Å². The zero-order chi connectivity index (χ0) is 20.2. The first-order chi connectivity index (χ1) is 14.9. The van der Waals surface area contributed by atoms with Crippen molar-refractivity contribution >= 4 is 0 Å². The molecule has 4 aromatic carbocycles. The van der Waals surface area contributed by atoms with E-state index in [2.05, 4.69) is 89.9 Å². The summed E-state index contributed by atoms with van der Waals surface area (Å²) in [4.78, 5) is 9.23. The molecule has 0 saturated carbocycles. The monoisotopic (exact) mass is 384 g/mol. The summed E-state index contributed by atoms with van der Waals surface area (Å²) >= 11 is 0. The first kappa shape index (κ1) is 18.0. The second kappa shape index (κ2) is 8.14. The molecule has 0 saturated heterocycles. The summed E-state index contributed by atoms with van der Waals surface area (Å²) in [5.41, 5.74) is 8.71. The lowest BCUT2D eigenvalue weighted by atomic mass is 9.89. The van der Waals surface area contributed by atoms with Crippen molar-refractivity contribution in [2.45, 2.75) is 0 Å². The summed E-state index contributed by atoms with van der Waals surface area (Å²) in [5, 5.41) is 0. The maximum absolute atomic E-state index is 4.70. The molecule has 1 heterocycles. The van der Waals surface area contributed by atoms with Gasteiger partial charge in [0.05, 0.1) is 11.4 Å². The van der Waals surface area contributed by atoms with Gasteiger partial charge in [0, 0.05) is 11.1 Å². The average molecular weight is 384 g/mol. The predicted octanol–water partition coefficient (Wildman–Crippen LogP) is 7.14. The van der Waals surface area contributed by atoms with Crippen molar-refractivity contribution < 1.29 is 0 Å². The second-order valence-corrected chi connectivity index (χ2v) is 7.11. The van der Waals surface area contributed by atoms with E-state index in [-0.39, 0.29) is 0 Å². The third-order valence-corrected chi connectivity index (χ3v) is 5.23. The van der Waals surface area contributed by atoms with E-state index in [0.717, 1.165) is 33.6 Å². The largest absolute Gasteiger partial charge is 0.236 e. The Labute approximate surface area is 176 Å². The molecule has 0 fully saturated rings. The lowest BCUT2D eigenvalue weighted by Crippen LogP contribution is -1.94. The number of aromatic nitrogens is 2. The Morgan fingerprint density at radius 1 is 0.400 bits per heavy atom. The Morgan fingerprint density at radius 2 is 0.867 bits per heavy atom. The van der Waals surface area contributed by atoms with E-state index in [0.29, 0.717) is 0 Å². The van der Waals surface area contributed by atoms with Gasteiger partial charge in [-0.1, -0.05) is 109 Å². The Morgan fingerprint density at radius 3 is 1.40 bits per heavy atom. The topological polar surface area (TPSA) is 25.8 Å². The van der Waals surface area contributed by atoms with Gasteiger partial charge in [-0.25, -0.2) is 9.97 Å². The number of nitrogens with zero attached hydrogens (tertiary/aromatic N) is 2. The molecule has 30 heavy (non-hydrogen) atoms. The molecule has 0 N–H and O–H groups in total. The lowest BCUT2D eigenvalue weighted by Gasteiger charge is -2.16. The van der Waals surface area contributed by atoms with Gasteiger partial charge in [0.2, 0.25) is 0 Å². The van der Waals surface area contributed by atoms with E-state index in [9.17, 15) is 0 Å². The van der Waals surface area contributed by atoms with Crippen LogP contribution in [0.3, 0.4) is 0 Å². The molecule has 0 amide bonds. The molecule has 5 rings (SSSR count). The van der Waals surface area contributed by atoms with E-state index >= 15 is 0 Å². The van der Waals surface area contributed by atoms with Crippen molar-refractivity contribution in [1.82, 2.24) is 9.97 Å². The zero-order valence-electron chi connectivity index (χ0n) is 16.4. The van der Waals surface area contributed by atoms with Gasteiger partial charge in [-0.2, -0.15) is 0 Å². The third-order valence-electron chi connectivity index (χ3n) is 5.23. The standard InChI is InChI=1S/C28H20N2/c1-4-11-21(12-5-1)24-17-10-18-25(22-13-6-2-7-14-22)28(24)27-19-26(29-20-30-27)23-15-8-3-9-16-23/h1-20H. The van der Waals surface area contributed by atoms with Gasteiger partial charge < -0.3 is 0 Å². The number of hydrogen-bond acceptors (Lipinski definition) is 2. The quantitative estimate of drug-likeness (QED) is 0.329. The van der Waals surface area contributed by atoms with E-state index < -0.39 is 0 Å². The van der Waals surface area contributed by atoms with Gasteiger partial charge in [0.25, 0.3) is 0 Å². The van der Waals surface area contributed by atoms with Crippen LogP contribution in [0.5, 0.6) is 0 Å². The molecular weight excluding hydrogens is 364 g/mol. The maximum atomic E-state index is 4.70. The van der Waals surface area contributed by atoms with Crippen LogP contribution in [0.25, 0.3) is 44.8 Å². The predicted molar refractivity (Wildman–Crippen MR) is 124 cm³/mol. The van der Waals surface area contributed by atoms with Crippen LogP contribution in [0, 0.1) is 0 Å². The molecule has 5 aromatic rings. The number of benzene rings is 4. The maximum Gasteiger partial charge on any atom is 0.116 e. The lowest BCUT2D eigenvalue weighted by molar-refractivity contribution is 1.18. The molecule has 2 heteroatoms. The van der Waals surface area contributed by atoms with Crippen LogP contribution in [0.15, 0.2) is 122 Å². The Balaban J connectivity index is 1.76. The van der Waals surface area contributed by atoms with Crippen LogP contribution in [-0.4, -0.2) is 9.97 Å². The molecule has 0 aliphatic rings. The van der Waals surface area contributed by atoms with Gasteiger partial charge in [0.1, 0.15) is 6.33 Å². The third kappa shape index (κ3) is 3.51. The highest BCUT2D eigenvalue weighted by atomic mass is 14.8. The van der Waals surface area contributed by atoms with Crippen LogP contribution < -0.4 is 0 Å². The molecule has 0 unspecified atom stereocenters. The Hall–Kier alpha value is -4.04. The normalized spacial score (nSPS) is 10.7.